The molecule has 0 aromatic heterocycles. The summed E-state index contributed by atoms with van der Waals surface area (Å²) in [7, 11) is 0. The molecule has 3 aliphatic rings. The molecular formula is C24H31N3O3. The summed E-state index contributed by atoms with van der Waals surface area (Å²) in [6.07, 6.45) is 4.11. The van der Waals surface area contributed by atoms with Crippen LogP contribution in [0.3, 0.4) is 0 Å². The molecule has 1 spiro atoms. The number of carbonyl (C=O) groups excluding carboxylic acids is 3. The van der Waals surface area contributed by atoms with Crippen molar-refractivity contribution >= 4 is 23.4 Å². The fourth-order valence-electron chi connectivity index (χ4n) is 5.56. The van der Waals surface area contributed by atoms with Crippen LogP contribution in [0.1, 0.15) is 45.6 Å². The second kappa shape index (κ2) is 7.65. The van der Waals surface area contributed by atoms with Gasteiger partial charge in [-0.05, 0) is 24.8 Å². The third-order valence-electron chi connectivity index (χ3n) is 6.73. The zero-order valence-electron chi connectivity index (χ0n) is 18.1. The number of rotatable bonds is 7. The topological polar surface area (TPSA) is 69.7 Å². The lowest BCUT2D eigenvalue weighted by molar-refractivity contribution is -0.143. The number of imide groups is 1. The Morgan fingerprint density at radius 3 is 2.57 bits per heavy atom. The molecule has 0 bridgehead atoms. The van der Waals surface area contributed by atoms with Gasteiger partial charge in [-0.3, -0.25) is 24.6 Å². The van der Waals surface area contributed by atoms with Crippen molar-refractivity contribution < 1.29 is 14.4 Å². The van der Waals surface area contributed by atoms with Crippen LogP contribution in [0.15, 0.2) is 36.9 Å². The summed E-state index contributed by atoms with van der Waals surface area (Å²) in [6, 6.07) is 7.42. The maximum Gasteiger partial charge on any atom is 0.253 e. The minimum atomic E-state index is -1.18. The predicted octanol–water partition coefficient (Wildman–Crippen LogP) is 2.83. The minimum absolute atomic E-state index is 0.124. The van der Waals surface area contributed by atoms with Crippen molar-refractivity contribution in [3.05, 3.63) is 42.5 Å². The number of nitrogens with one attached hydrogen (secondary N) is 1. The smallest absolute Gasteiger partial charge is 0.253 e. The van der Waals surface area contributed by atoms with Crippen molar-refractivity contribution in [2.24, 2.45) is 17.8 Å². The molecule has 160 valence electrons. The summed E-state index contributed by atoms with van der Waals surface area (Å²) in [5.41, 5.74) is 0.417. The number of anilines is 1. The Balaban J connectivity index is 1.85. The molecule has 2 saturated heterocycles. The van der Waals surface area contributed by atoms with Gasteiger partial charge in [0.15, 0.2) is 0 Å². The van der Waals surface area contributed by atoms with E-state index >= 15 is 0 Å². The van der Waals surface area contributed by atoms with Crippen LogP contribution in [0.25, 0.3) is 0 Å². The molecule has 3 amide bonds. The molecule has 4 rings (SSSR count). The molecule has 0 saturated carbocycles. The highest BCUT2D eigenvalue weighted by molar-refractivity contribution is 6.16. The number of likely N-dealkylation sites (tertiary alicyclic amines) is 1. The van der Waals surface area contributed by atoms with Gasteiger partial charge in [0, 0.05) is 30.4 Å². The number of unbranched alkanes of at least 4 members (excludes halogenated alkanes) is 1. The number of carbonyl (C=O) groups is 3. The largest absolute Gasteiger partial charge is 0.306 e. The van der Waals surface area contributed by atoms with E-state index in [1.807, 2.05) is 31.2 Å². The number of benzene rings is 1. The van der Waals surface area contributed by atoms with E-state index in [0.29, 0.717) is 19.0 Å². The molecule has 6 nitrogen and oxygen atoms in total. The first kappa shape index (κ1) is 20.8. The third-order valence-corrected chi connectivity index (χ3v) is 6.73. The molecule has 4 atom stereocenters. The van der Waals surface area contributed by atoms with Crippen LogP contribution in [0.2, 0.25) is 0 Å². The lowest BCUT2D eigenvalue weighted by Gasteiger charge is -2.30. The molecule has 0 aliphatic carbocycles. The van der Waals surface area contributed by atoms with Gasteiger partial charge in [0.2, 0.25) is 11.8 Å². The fraction of sp³-hybridized carbons (Fsp3) is 0.542. The zero-order chi connectivity index (χ0) is 21.6. The quantitative estimate of drug-likeness (QED) is 0.555. The van der Waals surface area contributed by atoms with Gasteiger partial charge in [0.25, 0.3) is 5.91 Å². The second-order valence-electron chi connectivity index (χ2n) is 9.10. The van der Waals surface area contributed by atoms with Crippen molar-refractivity contribution in [1.82, 2.24) is 10.2 Å². The van der Waals surface area contributed by atoms with Crippen LogP contribution in [0, 0.1) is 17.8 Å². The maximum absolute atomic E-state index is 13.9. The SMILES string of the molecule is C=CCN1C(=O)[C@]2(N[C@H](CC(C)C)[C@@H]3C(=O)N(CCCC)C(=O)[C@H]32)c2ccccc21. The second-order valence-corrected chi connectivity index (χ2v) is 9.10. The zero-order valence-corrected chi connectivity index (χ0v) is 18.1. The number of nitrogens with zero attached hydrogens (tertiary/aromatic N) is 2. The highest BCUT2D eigenvalue weighted by Gasteiger charge is 2.71. The Hall–Kier alpha value is -2.47. The summed E-state index contributed by atoms with van der Waals surface area (Å²) in [5, 5.41) is 3.54. The van der Waals surface area contributed by atoms with Gasteiger partial charge in [-0.2, -0.15) is 0 Å². The molecule has 1 N–H and O–H groups in total. The Bertz CT molecular complexity index is 895. The molecule has 30 heavy (non-hydrogen) atoms. The predicted molar refractivity (Wildman–Crippen MR) is 116 cm³/mol. The number of hydrogen-bond acceptors (Lipinski definition) is 4. The van der Waals surface area contributed by atoms with E-state index in [9.17, 15) is 14.4 Å². The number of fused-ring (bicyclic) bond motifs is 4. The van der Waals surface area contributed by atoms with Gasteiger partial charge in [0.05, 0.1) is 11.8 Å². The van der Waals surface area contributed by atoms with Crippen LogP contribution in [0.5, 0.6) is 0 Å². The Labute approximate surface area is 178 Å². The van der Waals surface area contributed by atoms with Crippen molar-refractivity contribution in [3.8, 4) is 0 Å². The summed E-state index contributed by atoms with van der Waals surface area (Å²) in [6.45, 7) is 10.8. The van der Waals surface area contributed by atoms with E-state index in [1.54, 1.807) is 11.0 Å². The number of hydrogen-bond donors (Lipinski definition) is 1. The van der Waals surface area contributed by atoms with E-state index in [1.165, 1.54) is 4.90 Å². The van der Waals surface area contributed by atoms with Crippen molar-refractivity contribution in [2.75, 3.05) is 18.0 Å². The number of para-hydroxylation sites is 1. The van der Waals surface area contributed by atoms with Crippen LogP contribution in [-0.4, -0.2) is 41.8 Å². The Kier molecular flexibility index (Phi) is 5.30. The molecule has 6 heteroatoms. The standard InChI is InChI=1S/C24H31N3O3/c1-5-7-13-27-21(28)19-17(14-15(3)4)25-24(20(19)22(27)29)16-10-8-9-11-18(16)26(12-6-2)23(24)30/h6,8-11,15,17,19-20,25H,2,5,7,12-14H2,1,3-4H3/t17-,19+,20+,24+/m1/s1. The van der Waals surface area contributed by atoms with Crippen molar-refractivity contribution in [3.63, 3.8) is 0 Å². The van der Waals surface area contributed by atoms with Crippen molar-refractivity contribution in [2.45, 2.75) is 51.6 Å². The summed E-state index contributed by atoms with van der Waals surface area (Å²) in [4.78, 5) is 43.9. The number of amides is 3. The Morgan fingerprint density at radius 1 is 1.17 bits per heavy atom. The minimum Gasteiger partial charge on any atom is -0.306 e. The first-order chi connectivity index (χ1) is 14.4. The summed E-state index contributed by atoms with van der Waals surface area (Å²) >= 11 is 0. The van der Waals surface area contributed by atoms with Gasteiger partial charge in [0.1, 0.15) is 5.54 Å². The van der Waals surface area contributed by atoms with E-state index < -0.39 is 17.4 Å². The molecule has 1 aromatic rings. The van der Waals surface area contributed by atoms with Crippen LogP contribution < -0.4 is 10.2 Å². The normalized spacial score (nSPS) is 30.0. The molecule has 3 heterocycles. The maximum atomic E-state index is 13.9. The van der Waals surface area contributed by atoms with Crippen LogP contribution in [-0.2, 0) is 19.9 Å². The van der Waals surface area contributed by atoms with Gasteiger partial charge in [-0.25, -0.2) is 0 Å². The van der Waals surface area contributed by atoms with Crippen LogP contribution in [0.4, 0.5) is 5.69 Å². The van der Waals surface area contributed by atoms with E-state index in [4.69, 9.17) is 0 Å². The van der Waals surface area contributed by atoms with Gasteiger partial charge in [-0.1, -0.05) is 51.5 Å². The highest BCUT2D eigenvalue weighted by atomic mass is 16.2. The summed E-state index contributed by atoms with van der Waals surface area (Å²) in [5.74, 6) is -1.35. The highest BCUT2D eigenvalue weighted by Crippen LogP contribution is 2.55. The first-order valence-electron chi connectivity index (χ1n) is 11.0. The van der Waals surface area contributed by atoms with Gasteiger partial charge < -0.3 is 4.90 Å². The molecule has 3 aliphatic heterocycles. The summed E-state index contributed by atoms with van der Waals surface area (Å²) < 4.78 is 0. The Morgan fingerprint density at radius 2 is 1.90 bits per heavy atom. The fourth-order valence-corrected chi connectivity index (χ4v) is 5.56. The lowest BCUT2D eigenvalue weighted by Crippen LogP contribution is -2.55. The molecule has 0 unspecified atom stereocenters. The van der Waals surface area contributed by atoms with E-state index in [-0.39, 0.29) is 23.8 Å². The van der Waals surface area contributed by atoms with E-state index in [2.05, 4.69) is 25.7 Å². The van der Waals surface area contributed by atoms with E-state index in [0.717, 1.165) is 30.5 Å². The van der Waals surface area contributed by atoms with Crippen molar-refractivity contribution in [1.29, 1.82) is 0 Å². The molecule has 0 radical (unpaired) electrons. The monoisotopic (exact) mass is 409 g/mol. The lowest BCUT2D eigenvalue weighted by atomic mass is 9.76. The molecular weight excluding hydrogens is 378 g/mol. The van der Waals surface area contributed by atoms with Gasteiger partial charge >= 0.3 is 0 Å². The first-order valence-corrected chi connectivity index (χ1v) is 11.0. The van der Waals surface area contributed by atoms with Crippen LogP contribution >= 0.6 is 0 Å². The average Bonchev–Trinajstić information content (AvgIpc) is 3.26. The average molecular weight is 410 g/mol. The third kappa shape index (κ3) is 2.77. The molecule has 2 fully saturated rings. The van der Waals surface area contributed by atoms with Gasteiger partial charge in [-0.15, -0.1) is 6.58 Å². The molecule has 1 aromatic carbocycles.